The Morgan fingerprint density at radius 3 is 3.00 bits per heavy atom. The van der Waals surface area contributed by atoms with E-state index in [1.807, 2.05) is 30.3 Å². The van der Waals surface area contributed by atoms with Gasteiger partial charge >= 0.3 is 0 Å². The van der Waals surface area contributed by atoms with Crippen LogP contribution in [0.2, 0.25) is 0 Å². The molecule has 1 aliphatic rings. The first kappa shape index (κ1) is 13.1. The summed E-state index contributed by atoms with van der Waals surface area (Å²) in [6, 6.07) is 9.65. The van der Waals surface area contributed by atoms with Crippen molar-refractivity contribution in [2.75, 3.05) is 13.1 Å². The molecule has 1 aliphatic heterocycles. The van der Waals surface area contributed by atoms with Gasteiger partial charge in [0.1, 0.15) is 5.75 Å². The topological polar surface area (TPSA) is 60.2 Å². The molecule has 0 saturated carbocycles. The SMILES string of the molecule is c1ccc(OCc2noc(CCC3CCNC3)n2)cc1. The molecule has 0 spiro atoms. The molecule has 1 aromatic heterocycles. The Hall–Kier alpha value is -1.88. The van der Waals surface area contributed by atoms with Crippen LogP contribution in [0.1, 0.15) is 24.6 Å². The third-order valence-electron chi connectivity index (χ3n) is 3.55. The van der Waals surface area contributed by atoms with Crippen molar-refractivity contribution >= 4 is 0 Å². The van der Waals surface area contributed by atoms with Crippen LogP contribution in [0.25, 0.3) is 0 Å². The second-order valence-electron chi connectivity index (χ2n) is 5.10. The van der Waals surface area contributed by atoms with Crippen LogP contribution in [0.3, 0.4) is 0 Å². The van der Waals surface area contributed by atoms with E-state index in [9.17, 15) is 0 Å². The fourth-order valence-electron chi connectivity index (χ4n) is 2.40. The number of rotatable bonds is 6. The molecule has 1 unspecified atom stereocenters. The van der Waals surface area contributed by atoms with Gasteiger partial charge in [0.05, 0.1) is 0 Å². The van der Waals surface area contributed by atoms with Gasteiger partial charge in [-0.25, -0.2) is 0 Å². The quantitative estimate of drug-likeness (QED) is 0.874. The standard InChI is InChI=1S/C15H19N3O2/c1-2-4-13(5-3-1)19-11-14-17-15(20-18-14)7-6-12-8-9-16-10-12/h1-5,12,16H,6-11H2. The summed E-state index contributed by atoms with van der Waals surface area (Å²) in [5.41, 5.74) is 0. The minimum atomic E-state index is 0.346. The molecule has 1 saturated heterocycles. The maximum atomic E-state index is 5.59. The molecule has 1 aromatic carbocycles. The van der Waals surface area contributed by atoms with Crippen LogP contribution >= 0.6 is 0 Å². The van der Waals surface area contributed by atoms with Crippen LogP contribution in [0.5, 0.6) is 5.75 Å². The second-order valence-corrected chi connectivity index (χ2v) is 5.10. The number of nitrogens with one attached hydrogen (secondary N) is 1. The Morgan fingerprint density at radius 2 is 2.20 bits per heavy atom. The molecule has 0 bridgehead atoms. The van der Waals surface area contributed by atoms with E-state index in [1.54, 1.807) is 0 Å². The van der Waals surface area contributed by atoms with E-state index in [1.165, 1.54) is 6.42 Å². The molecule has 0 aliphatic carbocycles. The van der Waals surface area contributed by atoms with Gasteiger partial charge in [-0.1, -0.05) is 23.4 Å². The lowest BCUT2D eigenvalue weighted by atomic mass is 10.0. The molecule has 106 valence electrons. The lowest BCUT2D eigenvalue weighted by Crippen LogP contribution is -2.09. The van der Waals surface area contributed by atoms with Gasteiger partial charge in [0.2, 0.25) is 11.7 Å². The van der Waals surface area contributed by atoms with Gasteiger partial charge in [-0.3, -0.25) is 0 Å². The third-order valence-corrected chi connectivity index (χ3v) is 3.55. The smallest absolute Gasteiger partial charge is 0.226 e. The summed E-state index contributed by atoms with van der Waals surface area (Å²) in [6.07, 6.45) is 3.21. The van der Waals surface area contributed by atoms with Crippen LogP contribution in [0, 0.1) is 5.92 Å². The van der Waals surface area contributed by atoms with Crippen LogP contribution < -0.4 is 10.1 Å². The number of hydrogen-bond donors (Lipinski definition) is 1. The Kier molecular flexibility index (Phi) is 4.28. The Balaban J connectivity index is 1.46. The fraction of sp³-hybridized carbons (Fsp3) is 0.467. The predicted octanol–water partition coefficient (Wildman–Crippen LogP) is 2.19. The van der Waals surface area contributed by atoms with Crippen molar-refractivity contribution in [3.63, 3.8) is 0 Å². The maximum Gasteiger partial charge on any atom is 0.226 e. The van der Waals surface area contributed by atoms with Gasteiger partial charge in [-0.2, -0.15) is 4.98 Å². The average Bonchev–Trinajstić information content (AvgIpc) is 3.16. The van der Waals surface area contributed by atoms with Crippen molar-refractivity contribution in [2.45, 2.75) is 25.9 Å². The molecule has 2 aromatic rings. The maximum absolute atomic E-state index is 5.59. The first-order valence-electron chi connectivity index (χ1n) is 7.10. The molecule has 20 heavy (non-hydrogen) atoms. The molecule has 1 N–H and O–H groups in total. The van der Waals surface area contributed by atoms with E-state index in [0.29, 0.717) is 18.3 Å². The van der Waals surface area contributed by atoms with Crippen LogP contribution in [-0.4, -0.2) is 23.2 Å². The van der Waals surface area contributed by atoms with Crippen molar-refractivity contribution in [3.05, 3.63) is 42.0 Å². The van der Waals surface area contributed by atoms with Gasteiger partial charge in [-0.15, -0.1) is 0 Å². The first-order valence-corrected chi connectivity index (χ1v) is 7.10. The Bertz CT molecular complexity index is 521. The summed E-state index contributed by atoms with van der Waals surface area (Å²) in [6.45, 7) is 2.58. The molecule has 2 heterocycles. The normalized spacial score (nSPS) is 18.3. The lowest BCUT2D eigenvalue weighted by Gasteiger charge is -2.04. The largest absolute Gasteiger partial charge is 0.485 e. The van der Waals surface area contributed by atoms with Gasteiger partial charge in [0.15, 0.2) is 6.61 Å². The second kappa shape index (κ2) is 6.52. The predicted molar refractivity (Wildman–Crippen MR) is 74.4 cm³/mol. The highest BCUT2D eigenvalue weighted by molar-refractivity contribution is 5.20. The first-order chi connectivity index (χ1) is 9.90. The summed E-state index contributed by atoms with van der Waals surface area (Å²) in [7, 11) is 0. The molecule has 3 rings (SSSR count). The molecular weight excluding hydrogens is 254 g/mol. The van der Waals surface area contributed by atoms with Crippen molar-refractivity contribution < 1.29 is 9.26 Å². The summed E-state index contributed by atoms with van der Waals surface area (Å²) >= 11 is 0. The average molecular weight is 273 g/mol. The van der Waals surface area contributed by atoms with E-state index < -0.39 is 0 Å². The highest BCUT2D eigenvalue weighted by Crippen LogP contribution is 2.15. The molecule has 1 atom stereocenters. The van der Waals surface area contributed by atoms with E-state index in [0.717, 1.165) is 37.6 Å². The third kappa shape index (κ3) is 3.57. The summed E-state index contributed by atoms with van der Waals surface area (Å²) in [4.78, 5) is 4.36. The minimum absolute atomic E-state index is 0.346. The van der Waals surface area contributed by atoms with E-state index in [-0.39, 0.29) is 0 Å². The van der Waals surface area contributed by atoms with Crippen molar-refractivity contribution in [2.24, 2.45) is 5.92 Å². The zero-order valence-corrected chi connectivity index (χ0v) is 11.4. The fourth-order valence-corrected chi connectivity index (χ4v) is 2.40. The van der Waals surface area contributed by atoms with Crippen molar-refractivity contribution in [1.82, 2.24) is 15.5 Å². The summed E-state index contributed by atoms with van der Waals surface area (Å²) in [5.74, 6) is 2.87. The van der Waals surface area contributed by atoms with Gasteiger partial charge in [0.25, 0.3) is 0 Å². The highest BCUT2D eigenvalue weighted by atomic mass is 16.5. The highest BCUT2D eigenvalue weighted by Gasteiger charge is 2.16. The number of aromatic nitrogens is 2. The number of ether oxygens (including phenoxy) is 1. The van der Waals surface area contributed by atoms with Gasteiger partial charge in [-0.05, 0) is 44.0 Å². The summed E-state index contributed by atoms with van der Waals surface area (Å²) < 4.78 is 10.8. The van der Waals surface area contributed by atoms with E-state index in [2.05, 4.69) is 15.5 Å². The van der Waals surface area contributed by atoms with Crippen LogP contribution in [-0.2, 0) is 13.0 Å². The molecule has 5 nitrogen and oxygen atoms in total. The number of benzene rings is 1. The Labute approximate surface area is 118 Å². The van der Waals surface area contributed by atoms with Crippen LogP contribution in [0.4, 0.5) is 0 Å². The number of hydrogen-bond acceptors (Lipinski definition) is 5. The van der Waals surface area contributed by atoms with Crippen LogP contribution in [0.15, 0.2) is 34.9 Å². The van der Waals surface area contributed by atoms with Gasteiger partial charge < -0.3 is 14.6 Å². The Morgan fingerprint density at radius 1 is 1.30 bits per heavy atom. The molecule has 0 amide bonds. The number of nitrogens with zero attached hydrogens (tertiary/aromatic N) is 2. The van der Waals surface area contributed by atoms with E-state index >= 15 is 0 Å². The van der Waals surface area contributed by atoms with E-state index in [4.69, 9.17) is 9.26 Å². The molecule has 5 heteroatoms. The molecule has 1 fully saturated rings. The van der Waals surface area contributed by atoms with Gasteiger partial charge in [0, 0.05) is 6.42 Å². The zero-order valence-electron chi connectivity index (χ0n) is 11.4. The van der Waals surface area contributed by atoms with Crippen molar-refractivity contribution in [3.8, 4) is 5.75 Å². The minimum Gasteiger partial charge on any atom is -0.485 e. The molecular formula is C15H19N3O2. The zero-order chi connectivity index (χ0) is 13.6. The van der Waals surface area contributed by atoms with Crippen molar-refractivity contribution in [1.29, 1.82) is 0 Å². The number of aryl methyl sites for hydroxylation is 1. The number of para-hydroxylation sites is 1. The molecule has 0 radical (unpaired) electrons. The monoisotopic (exact) mass is 273 g/mol. The lowest BCUT2D eigenvalue weighted by molar-refractivity contribution is 0.284. The summed E-state index contributed by atoms with van der Waals surface area (Å²) in [5, 5.41) is 7.32.